The fraction of sp³-hybridized carbons (Fsp3) is 0.208. The highest BCUT2D eigenvalue weighted by atomic mass is 32.2. The third-order valence-electron chi connectivity index (χ3n) is 5.01. The summed E-state index contributed by atoms with van der Waals surface area (Å²) in [6.45, 7) is 2.36. The number of hydrogen-bond acceptors (Lipinski definition) is 4. The number of carbonyl (C=O) groups excluding carboxylic acids is 1. The zero-order chi connectivity index (χ0) is 22.4. The summed E-state index contributed by atoms with van der Waals surface area (Å²) in [6, 6.07) is 20.9. The van der Waals surface area contributed by atoms with E-state index in [1.165, 1.54) is 11.4 Å². The molecule has 0 saturated heterocycles. The van der Waals surface area contributed by atoms with Gasteiger partial charge in [0.2, 0.25) is 0 Å². The molecule has 31 heavy (non-hydrogen) atoms. The predicted octanol–water partition coefficient (Wildman–Crippen LogP) is 3.80. The second-order valence-corrected chi connectivity index (χ2v) is 9.16. The van der Waals surface area contributed by atoms with E-state index in [-0.39, 0.29) is 10.8 Å². The van der Waals surface area contributed by atoms with Gasteiger partial charge in [-0.2, -0.15) is 0 Å². The van der Waals surface area contributed by atoms with E-state index >= 15 is 0 Å². The molecule has 6 nitrogen and oxygen atoms in total. The van der Waals surface area contributed by atoms with E-state index in [2.05, 4.69) is 5.32 Å². The van der Waals surface area contributed by atoms with Crippen LogP contribution in [0.25, 0.3) is 0 Å². The number of nitrogens with one attached hydrogen (secondary N) is 1. The molecule has 0 heterocycles. The maximum atomic E-state index is 12.9. The molecular formula is C24H26N2O4S. The molecule has 1 amide bonds. The highest BCUT2D eigenvalue weighted by Gasteiger charge is 2.21. The Kier molecular flexibility index (Phi) is 6.97. The maximum absolute atomic E-state index is 12.9. The standard InChI is InChI=1S/C24H26N2O4S/c1-18-7-13-23(14-8-18)31(28,29)26(2)21-6-4-5-20(17-21)24(27)25-16-15-19-9-11-22(30-3)12-10-19/h4-14,17H,15-16H2,1-3H3,(H,25,27). The first-order valence-corrected chi connectivity index (χ1v) is 11.3. The van der Waals surface area contributed by atoms with Gasteiger partial charge in [-0.25, -0.2) is 8.42 Å². The smallest absolute Gasteiger partial charge is 0.264 e. The Hall–Kier alpha value is -3.32. The van der Waals surface area contributed by atoms with Crippen molar-refractivity contribution in [2.45, 2.75) is 18.2 Å². The summed E-state index contributed by atoms with van der Waals surface area (Å²) < 4.78 is 32.2. The molecule has 0 aliphatic heterocycles. The topological polar surface area (TPSA) is 75.7 Å². The molecule has 0 fully saturated rings. The summed E-state index contributed by atoms with van der Waals surface area (Å²) in [7, 11) is -0.619. The number of rotatable bonds is 8. The average molecular weight is 439 g/mol. The minimum Gasteiger partial charge on any atom is -0.497 e. The van der Waals surface area contributed by atoms with Crippen LogP contribution in [-0.4, -0.2) is 35.0 Å². The molecule has 162 valence electrons. The summed E-state index contributed by atoms with van der Waals surface area (Å²) in [6.07, 6.45) is 0.678. The summed E-state index contributed by atoms with van der Waals surface area (Å²) in [5.74, 6) is 0.533. The summed E-state index contributed by atoms with van der Waals surface area (Å²) >= 11 is 0. The fourth-order valence-electron chi connectivity index (χ4n) is 3.06. The van der Waals surface area contributed by atoms with Crippen LogP contribution in [0.15, 0.2) is 77.7 Å². The van der Waals surface area contributed by atoms with Gasteiger partial charge in [-0.1, -0.05) is 35.9 Å². The van der Waals surface area contributed by atoms with Crippen molar-refractivity contribution in [3.63, 3.8) is 0 Å². The highest BCUT2D eigenvalue weighted by Crippen LogP contribution is 2.23. The van der Waals surface area contributed by atoms with Crippen molar-refractivity contribution in [1.29, 1.82) is 0 Å². The number of ether oxygens (including phenoxy) is 1. The molecule has 0 bridgehead atoms. The molecule has 0 unspecified atom stereocenters. The lowest BCUT2D eigenvalue weighted by Crippen LogP contribution is -2.28. The Bertz CT molecular complexity index is 1140. The van der Waals surface area contributed by atoms with Gasteiger partial charge in [0.05, 0.1) is 17.7 Å². The van der Waals surface area contributed by atoms with Crippen LogP contribution in [-0.2, 0) is 16.4 Å². The number of nitrogens with zero attached hydrogens (tertiary/aromatic N) is 1. The predicted molar refractivity (Wildman–Crippen MR) is 122 cm³/mol. The molecule has 0 spiro atoms. The van der Waals surface area contributed by atoms with Crippen LogP contribution in [0.4, 0.5) is 5.69 Å². The molecule has 0 aromatic heterocycles. The average Bonchev–Trinajstić information content (AvgIpc) is 2.79. The number of benzene rings is 3. The molecule has 3 aromatic carbocycles. The van der Waals surface area contributed by atoms with Gasteiger partial charge >= 0.3 is 0 Å². The third-order valence-corrected chi connectivity index (χ3v) is 6.81. The Balaban J connectivity index is 1.67. The van der Waals surface area contributed by atoms with Gasteiger partial charge in [-0.3, -0.25) is 9.10 Å². The first-order valence-electron chi connectivity index (χ1n) is 9.88. The van der Waals surface area contributed by atoms with Gasteiger partial charge in [0.15, 0.2) is 0 Å². The Morgan fingerprint density at radius 2 is 1.68 bits per heavy atom. The van der Waals surface area contributed by atoms with Crippen LogP contribution < -0.4 is 14.4 Å². The van der Waals surface area contributed by atoms with Crippen molar-refractivity contribution in [3.8, 4) is 5.75 Å². The quantitative estimate of drug-likeness (QED) is 0.580. The van der Waals surface area contributed by atoms with Crippen LogP contribution in [0.1, 0.15) is 21.5 Å². The SMILES string of the molecule is COc1ccc(CCNC(=O)c2cccc(N(C)S(=O)(=O)c3ccc(C)cc3)c2)cc1. The van der Waals surface area contributed by atoms with Crippen LogP contribution in [0.5, 0.6) is 5.75 Å². The minimum atomic E-state index is -3.72. The van der Waals surface area contributed by atoms with E-state index in [4.69, 9.17) is 4.74 Å². The lowest BCUT2D eigenvalue weighted by atomic mass is 10.1. The Labute approximate surface area is 183 Å². The van der Waals surface area contributed by atoms with Gasteiger partial charge in [-0.15, -0.1) is 0 Å². The van der Waals surface area contributed by atoms with Crippen LogP contribution >= 0.6 is 0 Å². The normalized spacial score (nSPS) is 11.1. The number of amides is 1. The van der Waals surface area contributed by atoms with E-state index in [9.17, 15) is 13.2 Å². The van der Waals surface area contributed by atoms with Crippen molar-refractivity contribution in [1.82, 2.24) is 5.32 Å². The molecule has 3 rings (SSSR count). The Morgan fingerprint density at radius 1 is 1.00 bits per heavy atom. The van der Waals surface area contributed by atoms with Crippen molar-refractivity contribution in [2.24, 2.45) is 0 Å². The zero-order valence-corrected chi connectivity index (χ0v) is 18.6. The molecule has 0 radical (unpaired) electrons. The van der Waals surface area contributed by atoms with Crippen LogP contribution in [0.2, 0.25) is 0 Å². The van der Waals surface area contributed by atoms with Gasteiger partial charge in [0, 0.05) is 19.2 Å². The molecule has 0 aliphatic rings. The zero-order valence-electron chi connectivity index (χ0n) is 17.8. The van der Waals surface area contributed by atoms with Crippen molar-refractivity contribution < 1.29 is 17.9 Å². The molecule has 0 atom stereocenters. The van der Waals surface area contributed by atoms with E-state index < -0.39 is 10.0 Å². The van der Waals surface area contributed by atoms with Crippen molar-refractivity contribution in [2.75, 3.05) is 25.0 Å². The first kappa shape index (κ1) is 22.4. The monoisotopic (exact) mass is 438 g/mol. The fourth-order valence-corrected chi connectivity index (χ4v) is 4.25. The lowest BCUT2D eigenvalue weighted by Gasteiger charge is -2.20. The molecule has 3 aromatic rings. The molecule has 0 saturated carbocycles. The molecular weight excluding hydrogens is 412 g/mol. The van der Waals surface area contributed by atoms with Gasteiger partial charge in [-0.05, 0) is 61.4 Å². The van der Waals surface area contributed by atoms with E-state index in [0.29, 0.717) is 24.2 Å². The van der Waals surface area contributed by atoms with Crippen molar-refractivity contribution in [3.05, 3.63) is 89.5 Å². The number of aryl methyl sites for hydroxylation is 1. The summed E-state index contributed by atoms with van der Waals surface area (Å²) in [4.78, 5) is 12.8. The number of sulfonamides is 1. The summed E-state index contributed by atoms with van der Waals surface area (Å²) in [5.41, 5.74) is 2.88. The number of anilines is 1. The maximum Gasteiger partial charge on any atom is 0.264 e. The van der Waals surface area contributed by atoms with Crippen LogP contribution in [0, 0.1) is 6.92 Å². The van der Waals surface area contributed by atoms with E-state index in [0.717, 1.165) is 16.9 Å². The van der Waals surface area contributed by atoms with E-state index in [1.54, 1.807) is 55.6 Å². The highest BCUT2D eigenvalue weighted by molar-refractivity contribution is 7.92. The summed E-state index contributed by atoms with van der Waals surface area (Å²) in [5, 5.41) is 2.88. The first-order chi connectivity index (χ1) is 14.8. The minimum absolute atomic E-state index is 0.204. The molecule has 0 aliphatic carbocycles. The van der Waals surface area contributed by atoms with Gasteiger partial charge in [0.25, 0.3) is 15.9 Å². The van der Waals surface area contributed by atoms with E-state index in [1.807, 2.05) is 31.2 Å². The van der Waals surface area contributed by atoms with Gasteiger partial charge in [0.1, 0.15) is 5.75 Å². The molecule has 1 N–H and O–H groups in total. The van der Waals surface area contributed by atoms with Crippen molar-refractivity contribution >= 4 is 21.6 Å². The second kappa shape index (κ2) is 9.66. The van der Waals surface area contributed by atoms with Gasteiger partial charge < -0.3 is 10.1 Å². The largest absolute Gasteiger partial charge is 0.497 e. The second-order valence-electron chi connectivity index (χ2n) is 7.19. The Morgan fingerprint density at radius 3 is 2.32 bits per heavy atom. The number of hydrogen-bond donors (Lipinski definition) is 1. The van der Waals surface area contributed by atoms with Crippen LogP contribution in [0.3, 0.4) is 0 Å². The number of methoxy groups -OCH3 is 1. The lowest BCUT2D eigenvalue weighted by molar-refractivity contribution is 0.0954. The number of carbonyl (C=O) groups is 1. The molecule has 7 heteroatoms. The third kappa shape index (κ3) is 5.44.